The maximum Gasteiger partial charge on any atom is 0.214 e. The van der Waals surface area contributed by atoms with Crippen molar-refractivity contribution in [3.8, 4) is 0 Å². The molecule has 18 heavy (non-hydrogen) atoms. The molecule has 1 rings (SSSR count). The van der Waals surface area contributed by atoms with Crippen molar-refractivity contribution in [1.29, 1.82) is 0 Å². The van der Waals surface area contributed by atoms with E-state index >= 15 is 0 Å². The van der Waals surface area contributed by atoms with Gasteiger partial charge in [0.05, 0.1) is 9.54 Å². The highest BCUT2D eigenvalue weighted by Gasteiger charge is 2.17. The van der Waals surface area contributed by atoms with Gasteiger partial charge in [0.25, 0.3) is 0 Å². The summed E-state index contributed by atoms with van der Waals surface area (Å²) in [5.41, 5.74) is 1.02. The Kier molecular flexibility index (Phi) is 6.79. The Balaban J connectivity index is 2.46. The summed E-state index contributed by atoms with van der Waals surface area (Å²) in [5, 5.41) is 4.98. The minimum atomic E-state index is -3.13. The number of hydrogen-bond donors (Lipinski definition) is 1. The maximum absolute atomic E-state index is 12.0. The van der Waals surface area contributed by atoms with E-state index in [1.165, 1.54) is 4.31 Å². The van der Waals surface area contributed by atoms with Crippen LogP contribution in [0.4, 0.5) is 0 Å². The molecule has 7 heteroatoms. The average Bonchev–Trinajstić information content (AvgIpc) is 2.70. The molecule has 1 aromatic heterocycles. The second-order valence-electron chi connectivity index (χ2n) is 4.14. The van der Waals surface area contributed by atoms with Gasteiger partial charge >= 0.3 is 0 Å². The Morgan fingerprint density at radius 2 is 2.17 bits per heavy atom. The van der Waals surface area contributed by atoms with Crippen LogP contribution in [-0.2, 0) is 16.6 Å². The second kappa shape index (κ2) is 7.59. The van der Waals surface area contributed by atoms with Crippen molar-refractivity contribution >= 4 is 37.3 Å². The van der Waals surface area contributed by atoms with Gasteiger partial charge in [-0.1, -0.05) is 0 Å². The third-order valence-corrected chi connectivity index (χ3v) is 6.02. The van der Waals surface area contributed by atoms with Crippen LogP contribution in [0.15, 0.2) is 15.2 Å². The van der Waals surface area contributed by atoms with Gasteiger partial charge in [0.2, 0.25) is 10.0 Å². The van der Waals surface area contributed by atoms with Gasteiger partial charge in [-0.05, 0) is 59.4 Å². The summed E-state index contributed by atoms with van der Waals surface area (Å²) in [4.78, 5) is 0. The molecule has 0 aliphatic carbocycles. The Hall–Kier alpha value is 0.0500. The lowest BCUT2D eigenvalue weighted by Gasteiger charge is -2.16. The largest absolute Gasteiger partial charge is 0.320 e. The molecule has 104 valence electrons. The number of nitrogens with one attached hydrogen (secondary N) is 1. The number of hydrogen-bond acceptors (Lipinski definition) is 4. The van der Waals surface area contributed by atoms with Crippen molar-refractivity contribution < 1.29 is 8.42 Å². The van der Waals surface area contributed by atoms with Crippen molar-refractivity contribution in [3.05, 3.63) is 20.8 Å². The predicted molar refractivity (Wildman–Crippen MR) is 80.4 cm³/mol. The lowest BCUT2D eigenvalue weighted by Crippen LogP contribution is -2.29. The molecular formula is C11H19BrN2O2S2. The van der Waals surface area contributed by atoms with Gasteiger partial charge < -0.3 is 5.32 Å². The molecule has 0 spiro atoms. The molecule has 1 N–H and O–H groups in total. The van der Waals surface area contributed by atoms with E-state index in [0.29, 0.717) is 13.0 Å². The van der Waals surface area contributed by atoms with Crippen LogP contribution in [0.3, 0.4) is 0 Å². The van der Waals surface area contributed by atoms with Crippen molar-refractivity contribution in [2.75, 3.05) is 26.4 Å². The second-order valence-corrected chi connectivity index (χ2v) is 8.63. The summed E-state index contributed by atoms with van der Waals surface area (Å²) in [6.45, 7) is 1.30. The van der Waals surface area contributed by atoms with Gasteiger partial charge in [0.15, 0.2) is 0 Å². The van der Waals surface area contributed by atoms with Gasteiger partial charge in [-0.15, -0.1) is 11.3 Å². The van der Waals surface area contributed by atoms with Gasteiger partial charge in [-0.25, -0.2) is 12.7 Å². The standard InChI is InChI=1S/C11H19BrN2O2S2/c1-13-5-3-4-6-18(15,16)14(2)8-10-7-11(12)17-9-10/h7,9,13H,3-6,8H2,1-2H3. The topological polar surface area (TPSA) is 49.4 Å². The molecule has 0 saturated heterocycles. The molecule has 0 aliphatic heterocycles. The molecule has 0 aromatic carbocycles. The summed E-state index contributed by atoms with van der Waals surface area (Å²) in [6, 6.07) is 1.96. The summed E-state index contributed by atoms with van der Waals surface area (Å²) >= 11 is 4.94. The molecule has 0 unspecified atom stereocenters. The number of sulfonamides is 1. The molecule has 0 fully saturated rings. The first kappa shape index (κ1) is 16.1. The third-order valence-electron chi connectivity index (χ3n) is 2.58. The normalized spacial score (nSPS) is 12.2. The van der Waals surface area contributed by atoms with Crippen LogP contribution < -0.4 is 5.32 Å². The molecule has 0 atom stereocenters. The summed E-state index contributed by atoms with van der Waals surface area (Å²) < 4.78 is 26.5. The van der Waals surface area contributed by atoms with Crippen LogP contribution in [0.25, 0.3) is 0 Å². The number of halogens is 1. The molecule has 0 aliphatic rings. The third kappa shape index (κ3) is 5.36. The zero-order chi connectivity index (χ0) is 13.6. The Morgan fingerprint density at radius 3 is 2.72 bits per heavy atom. The van der Waals surface area contributed by atoms with Crippen LogP contribution in [-0.4, -0.2) is 39.1 Å². The smallest absolute Gasteiger partial charge is 0.214 e. The minimum absolute atomic E-state index is 0.219. The van der Waals surface area contributed by atoms with Crippen molar-refractivity contribution in [2.45, 2.75) is 19.4 Å². The van der Waals surface area contributed by atoms with Crippen molar-refractivity contribution in [1.82, 2.24) is 9.62 Å². The molecular weight excluding hydrogens is 336 g/mol. The fourth-order valence-corrected chi connectivity index (χ4v) is 3.95. The van der Waals surface area contributed by atoms with Crippen LogP contribution in [0, 0.1) is 0 Å². The highest BCUT2D eigenvalue weighted by Crippen LogP contribution is 2.22. The molecule has 1 aromatic rings. The monoisotopic (exact) mass is 354 g/mol. The molecule has 0 bridgehead atoms. The molecule has 0 radical (unpaired) electrons. The zero-order valence-electron chi connectivity index (χ0n) is 10.6. The maximum atomic E-state index is 12.0. The van der Waals surface area contributed by atoms with E-state index in [0.717, 1.165) is 22.3 Å². The summed E-state index contributed by atoms with van der Waals surface area (Å²) in [6.07, 6.45) is 1.58. The quantitative estimate of drug-likeness (QED) is 0.728. The predicted octanol–water partition coefficient (Wildman–Crippen LogP) is 2.27. The first-order chi connectivity index (χ1) is 8.45. The minimum Gasteiger partial charge on any atom is -0.320 e. The summed E-state index contributed by atoms with van der Waals surface area (Å²) in [7, 11) is 0.373. The molecule has 0 saturated carbocycles. The molecule has 0 amide bonds. The van der Waals surface area contributed by atoms with Crippen LogP contribution in [0.1, 0.15) is 18.4 Å². The Morgan fingerprint density at radius 1 is 1.44 bits per heavy atom. The van der Waals surface area contributed by atoms with E-state index in [9.17, 15) is 8.42 Å². The number of unbranched alkanes of at least 4 members (excludes halogenated alkanes) is 1. The van der Waals surface area contributed by atoms with E-state index in [2.05, 4.69) is 21.2 Å². The molecule has 4 nitrogen and oxygen atoms in total. The fourth-order valence-electron chi connectivity index (χ4n) is 1.53. The van der Waals surface area contributed by atoms with Crippen LogP contribution in [0.5, 0.6) is 0 Å². The van der Waals surface area contributed by atoms with Gasteiger partial charge in [-0.3, -0.25) is 0 Å². The van der Waals surface area contributed by atoms with Gasteiger partial charge in [-0.2, -0.15) is 0 Å². The van der Waals surface area contributed by atoms with Crippen LogP contribution >= 0.6 is 27.3 Å². The van der Waals surface area contributed by atoms with E-state index < -0.39 is 10.0 Å². The average molecular weight is 355 g/mol. The van der Waals surface area contributed by atoms with Gasteiger partial charge in [0.1, 0.15) is 0 Å². The number of nitrogens with zero attached hydrogens (tertiary/aromatic N) is 1. The lowest BCUT2D eigenvalue weighted by molar-refractivity contribution is 0.465. The SMILES string of the molecule is CNCCCCS(=O)(=O)N(C)Cc1csc(Br)c1. The first-order valence-corrected chi connectivity index (χ1v) is 9.05. The first-order valence-electron chi connectivity index (χ1n) is 5.77. The zero-order valence-corrected chi connectivity index (χ0v) is 13.9. The van der Waals surface area contributed by atoms with Crippen molar-refractivity contribution in [2.24, 2.45) is 0 Å². The number of rotatable bonds is 8. The lowest BCUT2D eigenvalue weighted by atomic mass is 10.3. The number of thiophene rings is 1. The van der Waals surface area contributed by atoms with E-state index in [4.69, 9.17) is 0 Å². The molecule has 1 heterocycles. The summed E-state index contributed by atoms with van der Waals surface area (Å²) in [5.74, 6) is 0.219. The van der Waals surface area contributed by atoms with Gasteiger partial charge in [0, 0.05) is 13.6 Å². The Labute approximate surface area is 122 Å². The Bertz CT molecular complexity index is 459. The van der Waals surface area contributed by atoms with E-state index in [1.807, 2.05) is 18.5 Å². The highest BCUT2D eigenvalue weighted by molar-refractivity contribution is 9.11. The highest BCUT2D eigenvalue weighted by atomic mass is 79.9. The van der Waals surface area contributed by atoms with Crippen LogP contribution in [0.2, 0.25) is 0 Å². The van der Waals surface area contributed by atoms with E-state index in [1.54, 1.807) is 18.4 Å². The van der Waals surface area contributed by atoms with E-state index in [-0.39, 0.29) is 5.75 Å². The fraction of sp³-hybridized carbons (Fsp3) is 0.636. The van der Waals surface area contributed by atoms with Crippen molar-refractivity contribution in [3.63, 3.8) is 0 Å².